The van der Waals surface area contributed by atoms with E-state index in [0.29, 0.717) is 5.56 Å². The first-order valence-electron chi connectivity index (χ1n) is 5.71. The molecule has 0 aliphatic rings. The number of amides is 1. The molecular weight excluding hydrogens is 304 g/mol. The minimum absolute atomic E-state index is 0.128. The van der Waals surface area contributed by atoms with Crippen LogP contribution >= 0.6 is 11.3 Å². The molecule has 1 heterocycles. The molecule has 1 aromatic rings. The summed E-state index contributed by atoms with van der Waals surface area (Å²) in [5, 5.41) is 16.4. The summed E-state index contributed by atoms with van der Waals surface area (Å²) >= 11 is 0.722. The number of carbonyl (C=O) groups is 2. The number of nitrogens with two attached hydrogens (primary N) is 1. The van der Waals surface area contributed by atoms with Crippen LogP contribution in [0.5, 0.6) is 0 Å². The normalized spacial score (nSPS) is 13.2. The van der Waals surface area contributed by atoms with Crippen LogP contribution in [-0.4, -0.2) is 31.4 Å². The lowest BCUT2D eigenvalue weighted by Gasteiger charge is -2.17. The molecule has 9 heteroatoms. The Morgan fingerprint density at radius 1 is 1.40 bits per heavy atom. The lowest BCUT2D eigenvalue weighted by atomic mass is 10.0. The second-order valence-corrected chi connectivity index (χ2v) is 7.50. The largest absolute Gasteiger partial charge is 0.480 e. The van der Waals surface area contributed by atoms with Gasteiger partial charge in [0.25, 0.3) is 5.91 Å². The van der Waals surface area contributed by atoms with E-state index in [0.717, 1.165) is 11.3 Å². The molecule has 0 fully saturated rings. The molecule has 1 aromatic heterocycles. The minimum Gasteiger partial charge on any atom is -0.480 e. The molecule has 1 rings (SSSR count). The van der Waals surface area contributed by atoms with Crippen LogP contribution in [-0.2, 0) is 14.8 Å². The fourth-order valence-electron chi connectivity index (χ4n) is 1.54. The molecule has 4 N–H and O–H groups in total. The molecule has 0 unspecified atom stereocenters. The van der Waals surface area contributed by atoms with Crippen LogP contribution in [0.4, 0.5) is 0 Å². The predicted octanol–water partition coefficient (Wildman–Crippen LogP) is 0.543. The molecule has 0 radical (unpaired) electrons. The van der Waals surface area contributed by atoms with Crippen LogP contribution < -0.4 is 10.5 Å². The highest BCUT2D eigenvalue weighted by Crippen LogP contribution is 2.25. The number of carboxylic acid groups (broad SMARTS) is 1. The van der Waals surface area contributed by atoms with Crippen molar-refractivity contribution in [3.63, 3.8) is 0 Å². The van der Waals surface area contributed by atoms with Crippen molar-refractivity contribution in [1.82, 2.24) is 5.32 Å². The Bertz CT molecular complexity index is 633. The number of sulfonamides is 1. The maximum absolute atomic E-state index is 12.0. The Balaban J connectivity index is 3.04. The van der Waals surface area contributed by atoms with E-state index >= 15 is 0 Å². The Morgan fingerprint density at radius 3 is 2.30 bits per heavy atom. The Labute approximate surface area is 120 Å². The molecule has 112 valence electrons. The van der Waals surface area contributed by atoms with Gasteiger partial charge in [0.2, 0.25) is 10.0 Å². The molecular formula is C11H16N2O5S2. The number of hydrogen-bond acceptors (Lipinski definition) is 5. The van der Waals surface area contributed by atoms with E-state index < -0.39 is 27.9 Å². The first-order valence-corrected chi connectivity index (χ1v) is 8.07. The van der Waals surface area contributed by atoms with Gasteiger partial charge in [-0.3, -0.25) is 4.79 Å². The fraction of sp³-hybridized carbons (Fsp3) is 0.455. The predicted molar refractivity (Wildman–Crippen MR) is 74.2 cm³/mol. The van der Waals surface area contributed by atoms with Crippen molar-refractivity contribution < 1.29 is 23.1 Å². The number of rotatable bonds is 5. The van der Waals surface area contributed by atoms with E-state index in [-0.39, 0.29) is 15.0 Å². The van der Waals surface area contributed by atoms with E-state index in [1.165, 1.54) is 6.07 Å². The van der Waals surface area contributed by atoms with E-state index in [1.54, 1.807) is 20.8 Å². The summed E-state index contributed by atoms with van der Waals surface area (Å²) < 4.78 is 22.3. The van der Waals surface area contributed by atoms with Crippen molar-refractivity contribution in [1.29, 1.82) is 0 Å². The number of primary sulfonamides is 1. The van der Waals surface area contributed by atoms with Crippen LogP contribution in [0.2, 0.25) is 0 Å². The van der Waals surface area contributed by atoms with Crippen LogP contribution in [0.15, 0.2) is 10.3 Å². The van der Waals surface area contributed by atoms with Crippen LogP contribution in [0.1, 0.15) is 29.1 Å². The molecule has 1 amide bonds. The monoisotopic (exact) mass is 320 g/mol. The van der Waals surface area contributed by atoms with Gasteiger partial charge >= 0.3 is 5.97 Å². The molecule has 20 heavy (non-hydrogen) atoms. The highest BCUT2D eigenvalue weighted by molar-refractivity contribution is 7.91. The summed E-state index contributed by atoms with van der Waals surface area (Å²) in [5.41, 5.74) is 0.435. The number of carboxylic acids is 1. The summed E-state index contributed by atoms with van der Waals surface area (Å²) in [4.78, 5) is 23.2. The third-order valence-corrected chi connectivity index (χ3v) is 5.26. The van der Waals surface area contributed by atoms with Gasteiger partial charge in [0.05, 0.1) is 4.88 Å². The van der Waals surface area contributed by atoms with Gasteiger partial charge in [-0.15, -0.1) is 11.3 Å². The zero-order valence-electron chi connectivity index (χ0n) is 11.2. The number of carbonyl (C=O) groups excluding carboxylic acids is 1. The average Bonchev–Trinajstić information content (AvgIpc) is 2.66. The molecule has 1 atom stereocenters. The Hall–Kier alpha value is -1.45. The molecule has 0 saturated heterocycles. The molecule has 7 nitrogen and oxygen atoms in total. The number of aliphatic carboxylic acids is 1. The highest BCUT2D eigenvalue weighted by Gasteiger charge is 2.26. The van der Waals surface area contributed by atoms with E-state index in [9.17, 15) is 18.0 Å². The van der Waals surface area contributed by atoms with Gasteiger partial charge in [-0.1, -0.05) is 13.8 Å². The maximum Gasteiger partial charge on any atom is 0.326 e. The average molecular weight is 320 g/mol. The Morgan fingerprint density at radius 2 is 1.95 bits per heavy atom. The number of thiophene rings is 1. The summed E-state index contributed by atoms with van der Waals surface area (Å²) in [5.74, 6) is -2.06. The quantitative estimate of drug-likeness (QED) is 0.730. The molecule has 0 spiro atoms. The van der Waals surface area contributed by atoms with Gasteiger partial charge in [-0.25, -0.2) is 18.4 Å². The minimum atomic E-state index is -3.88. The lowest BCUT2D eigenvalue weighted by molar-refractivity contribution is -0.140. The second-order valence-electron chi connectivity index (χ2n) is 4.66. The third kappa shape index (κ3) is 3.78. The number of hydrogen-bond donors (Lipinski definition) is 3. The van der Waals surface area contributed by atoms with Gasteiger partial charge in [0, 0.05) is 0 Å². The van der Waals surface area contributed by atoms with E-state index in [1.807, 2.05) is 0 Å². The zero-order valence-corrected chi connectivity index (χ0v) is 12.8. The van der Waals surface area contributed by atoms with Crippen molar-refractivity contribution in [3.05, 3.63) is 16.5 Å². The molecule has 0 aliphatic heterocycles. The summed E-state index contributed by atoms with van der Waals surface area (Å²) in [7, 11) is -3.88. The van der Waals surface area contributed by atoms with Gasteiger partial charge in [-0.05, 0) is 24.5 Å². The topological polar surface area (TPSA) is 127 Å². The second kappa shape index (κ2) is 5.90. The number of nitrogens with one attached hydrogen (secondary N) is 1. The maximum atomic E-state index is 12.0. The molecule has 0 saturated carbocycles. The van der Waals surface area contributed by atoms with E-state index in [2.05, 4.69) is 5.32 Å². The Kier molecular flexibility index (Phi) is 4.90. The van der Waals surface area contributed by atoms with E-state index in [4.69, 9.17) is 10.2 Å². The van der Waals surface area contributed by atoms with Gasteiger partial charge in [-0.2, -0.15) is 0 Å². The van der Waals surface area contributed by atoms with Crippen LogP contribution in [0, 0.1) is 12.8 Å². The molecule has 0 aromatic carbocycles. The van der Waals surface area contributed by atoms with Crippen LogP contribution in [0.25, 0.3) is 0 Å². The van der Waals surface area contributed by atoms with Gasteiger partial charge < -0.3 is 10.4 Å². The summed E-state index contributed by atoms with van der Waals surface area (Å²) in [6, 6.07) is 0.252. The zero-order chi connectivity index (χ0) is 15.7. The van der Waals surface area contributed by atoms with Crippen molar-refractivity contribution in [2.45, 2.75) is 31.0 Å². The smallest absolute Gasteiger partial charge is 0.326 e. The van der Waals surface area contributed by atoms with Crippen molar-refractivity contribution in [3.8, 4) is 0 Å². The molecule has 0 bridgehead atoms. The first-order chi connectivity index (χ1) is 9.04. The highest BCUT2D eigenvalue weighted by atomic mass is 32.2. The van der Waals surface area contributed by atoms with Crippen molar-refractivity contribution in [2.75, 3.05) is 0 Å². The first kappa shape index (κ1) is 16.6. The molecule has 0 aliphatic carbocycles. The fourth-order valence-corrected chi connectivity index (χ4v) is 3.40. The standard InChI is InChI=1S/C11H16N2O5S2/c1-5(2)8(11(15)16)13-10(14)9-6(3)4-7(19-9)20(12,17)18/h4-5,8H,1-3H3,(H,13,14)(H,15,16)(H2,12,17,18)/t8-/m1/s1. The lowest BCUT2D eigenvalue weighted by Crippen LogP contribution is -2.44. The summed E-state index contributed by atoms with van der Waals surface area (Å²) in [6.45, 7) is 4.89. The SMILES string of the molecule is Cc1cc(S(N)(=O)=O)sc1C(=O)N[C@@H](C(=O)O)C(C)C. The third-order valence-electron chi connectivity index (χ3n) is 2.60. The number of aryl methyl sites for hydroxylation is 1. The van der Waals surface area contributed by atoms with Crippen molar-refractivity contribution in [2.24, 2.45) is 11.1 Å². The van der Waals surface area contributed by atoms with Gasteiger partial charge in [0.1, 0.15) is 10.3 Å². The summed E-state index contributed by atoms with van der Waals surface area (Å²) in [6.07, 6.45) is 0. The van der Waals surface area contributed by atoms with Crippen molar-refractivity contribution >= 4 is 33.2 Å². The van der Waals surface area contributed by atoms with Gasteiger partial charge in [0.15, 0.2) is 0 Å². The van der Waals surface area contributed by atoms with Crippen LogP contribution in [0.3, 0.4) is 0 Å².